The topological polar surface area (TPSA) is 87.2 Å². The molecule has 0 aliphatic carbocycles. The molecule has 0 saturated carbocycles. The number of hydrogen-bond acceptors (Lipinski definition) is 4. The van der Waals surface area contributed by atoms with Gasteiger partial charge in [-0.3, -0.25) is 9.59 Å². The Kier molecular flexibility index (Phi) is 3.70. The van der Waals surface area contributed by atoms with E-state index < -0.39 is 5.91 Å². The fourth-order valence-corrected chi connectivity index (χ4v) is 1.57. The molecule has 0 unspecified atom stereocenters. The summed E-state index contributed by atoms with van der Waals surface area (Å²) >= 11 is 0. The van der Waals surface area contributed by atoms with Gasteiger partial charge in [0.05, 0.1) is 5.39 Å². The maximum atomic E-state index is 12.0. The summed E-state index contributed by atoms with van der Waals surface area (Å²) in [5, 5.41) is 11.0. The van der Waals surface area contributed by atoms with Crippen LogP contribution in [0.15, 0.2) is 34.2 Å². The molecule has 6 heteroatoms. The van der Waals surface area contributed by atoms with Gasteiger partial charge >= 0.3 is 0 Å². The second-order valence-corrected chi connectivity index (χ2v) is 4.09. The molecule has 1 aromatic carbocycles. The van der Waals surface area contributed by atoms with Crippen molar-refractivity contribution in [2.75, 3.05) is 0 Å². The fourth-order valence-electron chi connectivity index (χ4n) is 1.57. The van der Waals surface area contributed by atoms with Gasteiger partial charge in [0.15, 0.2) is 5.69 Å². The average Bonchev–Trinajstić information content (AvgIpc) is 2.45. The lowest BCUT2D eigenvalue weighted by Gasteiger charge is -2.03. The molecule has 1 heterocycles. The van der Waals surface area contributed by atoms with Crippen molar-refractivity contribution in [1.82, 2.24) is 15.6 Å². The van der Waals surface area contributed by atoms with E-state index in [9.17, 15) is 9.59 Å². The lowest BCUT2D eigenvalue weighted by Crippen LogP contribution is -2.23. The van der Waals surface area contributed by atoms with Crippen LogP contribution in [0.3, 0.4) is 0 Å². The van der Waals surface area contributed by atoms with Crippen molar-refractivity contribution < 1.29 is 4.79 Å². The van der Waals surface area contributed by atoms with Crippen molar-refractivity contribution in [3.8, 4) is 0 Å². The minimum absolute atomic E-state index is 0.155. The highest BCUT2D eigenvalue weighted by atomic mass is 16.2. The number of hydrazone groups is 1. The van der Waals surface area contributed by atoms with Crippen LogP contribution in [0.2, 0.25) is 0 Å². The fraction of sp³-hybridized carbons (Fsp3) is 0.231. The van der Waals surface area contributed by atoms with Gasteiger partial charge in [-0.25, -0.2) is 10.5 Å². The zero-order valence-corrected chi connectivity index (χ0v) is 10.7. The van der Waals surface area contributed by atoms with E-state index in [1.165, 1.54) is 0 Å². The van der Waals surface area contributed by atoms with E-state index in [2.05, 4.69) is 20.7 Å². The number of amides is 1. The zero-order chi connectivity index (χ0) is 13.8. The number of benzene rings is 1. The SMILES string of the molecule is CC/C(C)=N\NC(=O)c1n[nH]c(=O)c2ccccc12. The number of carbonyl (C=O) groups excluding carboxylic acids is 1. The molecule has 1 amide bonds. The van der Waals surface area contributed by atoms with Crippen molar-refractivity contribution in [3.63, 3.8) is 0 Å². The van der Waals surface area contributed by atoms with Crippen molar-refractivity contribution in [2.24, 2.45) is 5.10 Å². The second kappa shape index (κ2) is 5.43. The molecule has 0 aliphatic heterocycles. The average molecular weight is 258 g/mol. The molecular formula is C13H14N4O2. The predicted octanol–water partition coefficient (Wildman–Crippen LogP) is 1.44. The van der Waals surface area contributed by atoms with Crippen molar-refractivity contribution in [1.29, 1.82) is 0 Å². The number of carbonyl (C=O) groups is 1. The minimum Gasteiger partial charge on any atom is -0.267 e. The third-order valence-corrected chi connectivity index (χ3v) is 2.77. The smallest absolute Gasteiger partial charge is 0.267 e. The molecule has 2 aromatic rings. The van der Waals surface area contributed by atoms with E-state index in [1.54, 1.807) is 24.3 Å². The summed E-state index contributed by atoms with van der Waals surface area (Å²) < 4.78 is 0. The van der Waals surface area contributed by atoms with Crippen LogP contribution in [0.4, 0.5) is 0 Å². The van der Waals surface area contributed by atoms with Gasteiger partial charge in [-0.15, -0.1) is 0 Å². The Morgan fingerprint density at radius 3 is 2.74 bits per heavy atom. The third-order valence-electron chi connectivity index (χ3n) is 2.77. The zero-order valence-electron chi connectivity index (χ0n) is 10.7. The highest BCUT2D eigenvalue weighted by Crippen LogP contribution is 2.11. The number of H-pyrrole nitrogens is 1. The molecule has 0 bridgehead atoms. The van der Waals surface area contributed by atoms with E-state index in [0.29, 0.717) is 10.8 Å². The van der Waals surface area contributed by atoms with Gasteiger partial charge in [-0.2, -0.15) is 10.2 Å². The van der Waals surface area contributed by atoms with Crippen molar-refractivity contribution in [2.45, 2.75) is 20.3 Å². The first-order valence-electron chi connectivity index (χ1n) is 5.94. The largest absolute Gasteiger partial charge is 0.292 e. The van der Waals surface area contributed by atoms with E-state index in [1.807, 2.05) is 13.8 Å². The highest BCUT2D eigenvalue weighted by molar-refractivity contribution is 6.04. The first kappa shape index (κ1) is 12.9. The first-order valence-corrected chi connectivity index (χ1v) is 5.94. The summed E-state index contributed by atoms with van der Waals surface area (Å²) in [6.45, 7) is 3.76. The van der Waals surface area contributed by atoms with E-state index in [4.69, 9.17) is 0 Å². The van der Waals surface area contributed by atoms with Crippen LogP contribution in [-0.2, 0) is 0 Å². The molecule has 0 saturated heterocycles. The Bertz CT molecular complexity index is 703. The Morgan fingerprint density at radius 1 is 1.37 bits per heavy atom. The third kappa shape index (κ3) is 2.67. The monoisotopic (exact) mass is 258 g/mol. The van der Waals surface area contributed by atoms with Gasteiger partial charge in [-0.05, 0) is 19.4 Å². The summed E-state index contributed by atoms with van der Waals surface area (Å²) in [5.74, 6) is -0.444. The van der Waals surface area contributed by atoms with Gasteiger partial charge in [0.2, 0.25) is 0 Å². The number of fused-ring (bicyclic) bond motifs is 1. The van der Waals surface area contributed by atoms with Gasteiger partial charge in [0.25, 0.3) is 11.5 Å². The molecule has 0 atom stereocenters. The normalized spacial score (nSPS) is 11.6. The van der Waals surface area contributed by atoms with Gasteiger partial charge in [0, 0.05) is 11.1 Å². The van der Waals surface area contributed by atoms with Crippen LogP contribution < -0.4 is 11.0 Å². The molecule has 6 nitrogen and oxygen atoms in total. The standard InChI is InChI=1S/C13H14N4O2/c1-3-8(2)14-17-13(19)11-9-6-4-5-7-10(9)12(18)16-15-11/h4-7H,3H2,1-2H3,(H,16,18)(H,17,19)/b14-8-. The van der Waals surface area contributed by atoms with Gasteiger partial charge < -0.3 is 0 Å². The number of nitrogens with one attached hydrogen (secondary N) is 2. The number of aromatic amines is 1. The van der Waals surface area contributed by atoms with Crippen LogP contribution >= 0.6 is 0 Å². The van der Waals surface area contributed by atoms with E-state index in [0.717, 1.165) is 12.1 Å². The Hall–Kier alpha value is -2.50. The highest BCUT2D eigenvalue weighted by Gasteiger charge is 2.13. The van der Waals surface area contributed by atoms with E-state index >= 15 is 0 Å². The van der Waals surface area contributed by atoms with Crippen LogP contribution in [-0.4, -0.2) is 21.8 Å². The Labute approximate surface area is 109 Å². The second-order valence-electron chi connectivity index (χ2n) is 4.09. The number of aromatic nitrogens is 2. The lowest BCUT2D eigenvalue weighted by molar-refractivity contribution is 0.0950. The van der Waals surface area contributed by atoms with Crippen LogP contribution in [0.25, 0.3) is 10.8 Å². The quantitative estimate of drug-likeness (QED) is 0.645. The molecular weight excluding hydrogens is 244 g/mol. The van der Waals surface area contributed by atoms with E-state index in [-0.39, 0.29) is 11.3 Å². The molecule has 2 rings (SSSR count). The summed E-state index contributed by atoms with van der Waals surface area (Å²) in [6.07, 6.45) is 0.750. The number of hydrogen-bond donors (Lipinski definition) is 2. The molecule has 0 aliphatic rings. The maximum absolute atomic E-state index is 12.0. The number of rotatable bonds is 3. The molecule has 2 N–H and O–H groups in total. The lowest BCUT2D eigenvalue weighted by atomic mass is 10.1. The van der Waals surface area contributed by atoms with Gasteiger partial charge in [-0.1, -0.05) is 25.1 Å². The van der Waals surface area contributed by atoms with Crippen LogP contribution in [0.5, 0.6) is 0 Å². The molecule has 0 fully saturated rings. The molecule has 0 radical (unpaired) electrons. The maximum Gasteiger partial charge on any atom is 0.292 e. The first-order chi connectivity index (χ1) is 9.13. The van der Waals surface area contributed by atoms with Crippen molar-refractivity contribution >= 4 is 22.4 Å². The Morgan fingerprint density at radius 2 is 2.05 bits per heavy atom. The molecule has 0 spiro atoms. The Balaban J connectivity index is 2.43. The molecule has 1 aromatic heterocycles. The molecule has 19 heavy (non-hydrogen) atoms. The van der Waals surface area contributed by atoms with Gasteiger partial charge in [0.1, 0.15) is 0 Å². The summed E-state index contributed by atoms with van der Waals surface area (Å²) in [4.78, 5) is 23.6. The van der Waals surface area contributed by atoms with Crippen LogP contribution in [0.1, 0.15) is 30.8 Å². The number of nitrogens with zero attached hydrogens (tertiary/aromatic N) is 2. The summed E-state index contributed by atoms with van der Waals surface area (Å²) in [7, 11) is 0. The summed E-state index contributed by atoms with van der Waals surface area (Å²) in [6, 6.07) is 6.81. The van der Waals surface area contributed by atoms with Crippen LogP contribution in [0, 0.1) is 0 Å². The summed E-state index contributed by atoms with van der Waals surface area (Å²) in [5.41, 5.74) is 3.07. The van der Waals surface area contributed by atoms with Crippen molar-refractivity contribution in [3.05, 3.63) is 40.3 Å². The minimum atomic E-state index is -0.444. The molecule has 98 valence electrons. The predicted molar refractivity (Wildman–Crippen MR) is 73.2 cm³/mol.